The number of hydrogen-bond donors (Lipinski definition) is 1. The number of nitrogens with two attached hydrogens (primary N) is 1. The van der Waals surface area contributed by atoms with E-state index in [-0.39, 0.29) is 30.1 Å². The van der Waals surface area contributed by atoms with Crippen molar-refractivity contribution < 1.29 is 4.74 Å². The van der Waals surface area contributed by atoms with Gasteiger partial charge in [-0.2, -0.15) is 0 Å². The van der Waals surface area contributed by atoms with Crippen LogP contribution >= 0.6 is 35.7 Å². The average molecular weight is 369 g/mol. The molecule has 6 heteroatoms. The van der Waals surface area contributed by atoms with Gasteiger partial charge in [0.05, 0.1) is 25.0 Å². The largest absolute Gasteiger partial charge is 0.375 e. The maximum absolute atomic E-state index is 5.90. The Morgan fingerprint density at radius 2 is 2.47 bits per heavy atom. The number of rotatable bonds is 4. The van der Waals surface area contributed by atoms with Gasteiger partial charge in [-0.25, -0.2) is 0 Å². The van der Waals surface area contributed by atoms with Crippen LogP contribution in [0.2, 0.25) is 0 Å². The highest BCUT2D eigenvalue weighted by Crippen LogP contribution is 2.04. The molecular formula is C11H20IN3OS. The summed E-state index contributed by atoms with van der Waals surface area (Å²) in [7, 11) is 0. The van der Waals surface area contributed by atoms with Crippen molar-refractivity contribution in [1.82, 2.24) is 4.90 Å². The van der Waals surface area contributed by atoms with Crippen LogP contribution in [0.5, 0.6) is 0 Å². The molecule has 1 unspecified atom stereocenters. The molecule has 0 aromatic carbocycles. The van der Waals surface area contributed by atoms with E-state index >= 15 is 0 Å². The first-order valence-electron chi connectivity index (χ1n) is 5.41. The normalized spacial score (nSPS) is 20.6. The van der Waals surface area contributed by atoms with Gasteiger partial charge in [-0.3, -0.25) is 4.99 Å². The number of thioether (sulfide) groups is 1. The zero-order chi connectivity index (χ0) is 11.8. The van der Waals surface area contributed by atoms with Gasteiger partial charge in [-0.1, -0.05) is 5.92 Å². The fourth-order valence-corrected chi connectivity index (χ4v) is 1.96. The van der Waals surface area contributed by atoms with Gasteiger partial charge in [0.15, 0.2) is 5.96 Å². The minimum absolute atomic E-state index is 0. The molecule has 0 aromatic rings. The van der Waals surface area contributed by atoms with E-state index in [1.54, 1.807) is 11.8 Å². The van der Waals surface area contributed by atoms with Crippen LogP contribution in [0.1, 0.15) is 6.92 Å². The lowest BCUT2D eigenvalue weighted by Crippen LogP contribution is -2.47. The van der Waals surface area contributed by atoms with E-state index in [0.29, 0.717) is 5.96 Å². The van der Waals surface area contributed by atoms with Crippen molar-refractivity contribution in [2.75, 3.05) is 37.7 Å². The number of terminal acetylenes is 1. The zero-order valence-corrected chi connectivity index (χ0v) is 13.2. The predicted octanol–water partition coefficient (Wildman–Crippen LogP) is 1.01. The molecule has 0 amide bonds. The van der Waals surface area contributed by atoms with Gasteiger partial charge in [0, 0.05) is 18.8 Å². The Bertz CT molecular complexity index is 280. The molecule has 0 saturated carbocycles. The molecule has 98 valence electrons. The van der Waals surface area contributed by atoms with E-state index in [1.165, 1.54) is 0 Å². The quantitative estimate of drug-likeness (QED) is 0.264. The van der Waals surface area contributed by atoms with Crippen molar-refractivity contribution in [1.29, 1.82) is 0 Å². The van der Waals surface area contributed by atoms with Crippen LogP contribution in [-0.4, -0.2) is 54.7 Å². The summed E-state index contributed by atoms with van der Waals surface area (Å²) in [5, 5.41) is 0. The van der Waals surface area contributed by atoms with Crippen molar-refractivity contribution in [2.24, 2.45) is 10.7 Å². The Kier molecular flexibility index (Phi) is 9.78. The summed E-state index contributed by atoms with van der Waals surface area (Å²) < 4.78 is 5.44. The second-order valence-electron chi connectivity index (χ2n) is 3.62. The summed E-state index contributed by atoms with van der Waals surface area (Å²) in [6.45, 7) is 5.15. The first-order chi connectivity index (χ1) is 7.74. The van der Waals surface area contributed by atoms with Gasteiger partial charge in [0.2, 0.25) is 0 Å². The highest BCUT2D eigenvalue weighted by atomic mass is 127. The number of hydrogen-bond acceptors (Lipinski definition) is 3. The molecular weight excluding hydrogens is 349 g/mol. The SMILES string of the molecule is C#CCSCCN=C(N)N1CCOC(C)C1.I. The van der Waals surface area contributed by atoms with E-state index in [2.05, 4.69) is 15.8 Å². The molecule has 0 spiro atoms. The second kappa shape index (κ2) is 9.85. The molecule has 0 aromatic heterocycles. The van der Waals surface area contributed by atoms with E-state index in [9.17, 15) is 0 Å². The van der Waals surface area contributed by atoms with Crippen molar-refractivity contribution in [3.63, 3.8) is 0 Å². The molecule has 0 bridgehead atoms. The van der Waals surface area contributed by atoms with E-state index in [0.717, 1.165) is 37.7 Å². The molecule has 1 saturated heterocycles. The van der Waals surface area contributed by atoms with E-state index in [4.69, 9.17) is 16.9 Å². The molecule has 17 heavy (non-hydrogen) atoms. The molecule has 1 atom stereocenters. The first kappa shape index (κ1) is 16.9. The molecule has 1 fully saturated rings. The third-order valence-corrected chi connectivity index (χ3v) is 3.10. The third-order valence-electron chi connectivity index (χ3n) is 2.26. The molecule has 2 N–H and O–H groups in total. The lowest BCUT2D eigenvalue weighted by atomic mass is 10.3. The summed E-state index contributed by atoms with van der Waals surface area (Å²) in [5.41, 5.74) is 5.90. The Morgan fingerprint density at radius 1 is 1.71 bits per heavy atom. The van der Waals surface area contributed by atoms with Crippen LogP contribution in [0.25, 0.3) is 0 Å². The number of nitrogens with zero attached hydrogens (tertiary/aromatic N) is 2. The molecule has 0 radical (unpaired) electrons. The smallest absolute Gasteiger partial charge is 0.191 e. The highest BCUT2D eigenvalue weighted by Gasteiger charge is 2.17. The topological polar surface area (TPSA) is 50.8 Å². The Morgan fingerprint density at radius 3 is 3.12 bits per heavy atom. The fraction of sp³-hybridized carbons (Fsp3) is 0.727. The van der Waals surface area contributed by atoms with Crippen molar-refractivity contribution in [3.8, 4) is 12.3 Å². The minimum Gasteiger partial charge on any atom is -0.375 e. The molecule has 1 aliphatic heterocycles. The number of halogens is 1. The lowest BCUT2D eigenvalue weighted by Gasteiger charge is -2.31. The first-order valence-corrected chi connectivity index (χ1v) is 6.57. The number of morpholine rings is 1. The number of guanidine groups is 1. The van der Waals surface area contributed by atoms with Gasteiger partial charge in [0.25, 0.3) is 0 Å². The van der Waals surface area contributed by atoms with Crippen LogP contribution < -0.4 is 5.73 Å². The Labute approximate surface area is 125 Å². The predicted molar refractivity (Wildman–Crippen MR) is 85.0 cm³/mol. The van der Waals surface area contributed by atoms with Crippen molar-refractivity contribution in [3.05, 3.63) is 0 Å². The standard InChI is InChI=1S/C11H19N3OS.HI/c1-3-7-16-8-4-13-11(12)14-5-6-15-10(2)9-14;/h1,10H,4-9H2,2H3,(H2,12,13);1H. The van der Waals surface area contributed by atoms with E-state index < -0.39 is 0 Å². The summed E-state index contributed by atoms with van der Waals surface area (Å²) >= 11 is 1.70. The number of ether oxygens (including phenoxy) is 1. The van der Waals surface area contributed by atoms with Crippen molar-refractivity contribution in [2.45, 2.75) is 13.0 Å². The Hall–Kier alpha value is -0.130. The van der Waals surface area contributed by atoms with Crippen LogP contribution in [0.4, 0.5) is 0 Å². The molecule has 1 rings (SSSR count). The van der Waals surface area contributed by atoms with Crippen LogP contribution in [0.15, 0.2) is 4.99 Å². The summed E-state index contributed by atoms with van der Waals surface area (Å²) in [6, 6.07) is 0. The third kappa shape index (κ3) is 7.01. The molecule has 0 aliphatic carbocycles. The summed E-state index contributed by atoms with van der Waals surface area (Å²) in [4.78, 5) is 6.40. The Balaban J connectivity index is 0.00000256. The average Bonchev–Trinajstić information content (AvgIpc) is 2.28. The molecule has 1 heterocycles. The maximum Gasteiger partial charge on any atom is 0.191 e. The lowest BCUT2D eigenvalue weighted by molar-refractivity contribution is 0.00531. The van der Waals surface area contributed by atoms with Gasteiger partial charge in [-0.15, -0.1) is 42.2 Å². The highest BCUT2D eigenvalue weighted by molar-refractivity contribution is 14.0. The van der Waals surface area contributed by atoms with Gasteiger partial charge >= 0.3 is 0 Å². The van der Waals surface area contributed by atoms with Crippen LogP contribution in [-0.2, 0) is 4.74 Å². The minimum atomic E-state index is 0. The maximum atomic E-state index is 5.90. The monoisotopic (exact) mass is 369 g/mol. The summed E-state index contributed by atoms with van der Waals surface area (Å²) in [6.07, 6.45) is 5.38. The van der Waals surface area contributed by atoms with Crippen LogP contribution in [0, 0.1) is 12.3 Å². The van der Waals surface area contributed by atoms with Gasteiger partial charge in [-0.05, 0) is 6.92 Å². The van der Waals surface area contributed by atoms with E-state index in [1.807, 2.05) is 6.92 Å². The summed E-state index contributed by atoms with van der Waals surface area (Å²) in [5.74, 6) is 4.86. The number of aliphatic imine (C=N–C) groups is 1. The molecule has 4 nitrogen and oxygen atoms in total. The fourth-order valence-electron chi connectivity index (χ4n) is 1.48. The second-order valence-corrected chi connectivity index (χ2v) is 4.73. The zero-order valence-electron chi connectivity index (χ0n) is 10.1. The van der Waals surface area contributed by atoms with Crippen LogP contribution in [0.3, 0.4) is 0 Å². The van der Waals surface area contributed by atoms with Gasteiger partial charge < -0.3 is 15.4 Å². The van der Waals surface area contributed by atoms with Gasteiger partial charge in [0.1, 0.15) is 0 Å². The van der Waals surface area contributed by atoms with Crippen molar-refractivity contribution >= 4 is 41.7 Å². The molecule has 1 aliphatic rings.